The van der Waals surface area contributed by atoms with Gasteiger partial charge in [-0.1, -0.05) is 17.7 Å². The molecular weight excluding hydrogens is 310 g/mol. The average molecular weight is 331 g/mol. The molecule has 6 heteroatoms. The zero-order valence-corrected chi connectivity index (χ0v) is 14.2. The van der Waals surface area contributed by atoms with E-state index in [1.165, 1.54) is 5.56 Å². The molecule has 23 heavy (non-hydrogen) atoms. The predicted molar refractivity (Wildman–Crippen MR) is 92.3 cm³/mol. The fraction of sp³-hybridized carbons (Fsp3) is 0.412. The van der Waals surface area contributed by atoms with Gasteiger partial charge in [-0.25, -0.2) is 4.68 Å². The second-order valence-electron chi connectivity index (χ2n) is 6.13. The van der Waals surface area contributed by atoms with Crippen LogP contribution in [0.5, 0.6) is 0 Å². The van der Waals surface area contributed by atoms with E-state index in [0.717, 1.165) is 23.6 Å². The van der Waals surface area contributed by atoms with Gasteiger partial charge in [-0.2, -0.15) is 16.9 Å². The van der Waals surface area contributed by atoms with Gasteiger partial charge in [-0.3, -0.25) is 4.79 Å². The number of carbonyl (C=O) groups is 1. The third kappa shape index (κ3) is 3.59. The summed E-state index contributed by atoms with van der Waals surface area (Å²) in [6, 6.07) is 9.76. The Bertz CT molecular complexity index is 703. The van der Waals surface area contributed by atoms with E-state index in [4.69, 9.17) is 0 Å². The Morgan fingerprint density at radius 2 is 2.13 bits per heavy atom. The van der Waals surface area contributed by atoms with Crippen LogP contribution in [-0.4, -0.2) is 44.4 Å². The quantitative estimate of drug-likeness (QED) is 0.900. The number of aliphatic hydroxyl groups is 1. The minimum Gasteiger partial charge on any atom is -0.387 e. The highest BCUT2D eigenvalue weighted by atomic mass is 32.2. The monoisotopic (exact) mass is 331 g/mol. The van der Waals surface area contributed by atoms with Crippen molar-refractivity contribution in [3.63, 3.8) is 0 Å². The number of thioether (sulfide) groups is 1. The summed E-state index contributed by atoms with van der Waals surface area (Å²) in [5.74, 6) is 1.36. The first kappa shape index (κ1) is 16.1. The molecular formula is C17H21N3O2S. The maximum Gasteiger partial charge on any atom is 0.271 e. The van der Waals surface area contributed by atoms with Crippen LogP contribution in [0.1, 0.15) is 28.2 Å². The third-order valence-corrected chi connectivity index (χ3v) is 5.29. The lowest BCUT2D eigenvalue weighted by atomic mass is 10.0. The molecule has 122 valence electrons. The summed E-state index contributed by atoms with van der Waals surface area (Å²) in [5, 5.41) is 17.5. The van der Waals surface area contributed by atoms with Crippen LogP contribution in [-0.2, 0) is 0 Å². The molecule has 1 aromatic heterocycles. The van der Waals surface area contributed by atoms with Gasteiger partial charge < -0.3 is 10.4 Å². The standard InChI is InChI=1S/C17H21N3O2S/c1-12-3-5-14(6-4-12)20-13(2)9-15(19-20)16(21)18-10-17(22)7-8-23-11-17/h3-6,9,22H,7-8,10-11H2,1-2H3,(H,18,21). The molecule has 5 nitrogen and oxygen atoms in total. The Morgan fingerprint density at radius 1 is 1.39 bits per heavy atom. The molecule has 1 aliphatic heterocycles. The Balaban J connectivity index is 1.72. The van der Waals surface area contributed by atoms with E-state index in [9.17, 15) is 9.90 Å². The van der Waals surface area contributed by atoms with E-state index in [1.54, 1.807) is 22.5 Å². The number of carbonyl (C=O) groups excluding carboxylic acids is 1. The van der Waals surface area contributed by atoms with Crippen molar-refractivity contribution in [1.29, 1.82) is 0 Å². The first-order chi connectivity index (χ1) is 11.0. The van der Waals surface area contributed by atoms with Crippen LogP contribution in [0.25, 0.3) is 5.69 Å². The summed E-state index contributed by atoms with van der Waals surface area (Å²) in [4.78, 5) is 12.3. The van der Waals surface area contributed by atoms with E-state index >= 15 is 0 Å². The van der Waals surface area contributed by atoms with Crippen LogP contribution in [0.3, 0.4) is 0 Å². The second kappa shape index (κ2) is 6.37. The summed E-state index contributed by atoms with van der Waals surface area (Å²) in [7, 11) is 0. The van der Waals surface area contributed by atoms with Crippen molar-refractivity contribution < 1.29 is 9.90 Å². The van der Waals surface area contributed by atoms with E-state index in [1.807, 2.05) is 38.1 Å². The van der Waals surface area contributed by atoms with Crippen molar-refractivity contribution in [3.05, 3.63) is 47.3 Å². The molecule has 2 aromatic rings. The Morgan fingerprint density at radius 3 is 2.78 bits per heavy atom. The predicted octanol–water partition coefficient (Wildman–Crippen LogP) is 2.09. The lowest BCUT2D eigenvalue weighted by molar-refractivity contribution is 0.0610. The number of amides is 1. The molecule has 1 amide bonds. The van der Waals surface area contributed by atoms with Crippen molar-refractivity contribution in [2.45, 2.75) is 25.9 Å². The van der Waals surface area contributed by atoms with Gasteiger partial charge in [0.05, 0.1) is 11.3 Å². The highest BCUT2D eigenvalue weighted by Crippen LogP contribution is 2.27. The number of benzene rings is 1. The molecule has 1 fully saturated rings. The van der Waals surface area contributed by atoms with Gasteiger partial charge >= 0.3 is 0 Å². The van der Waals surface area contributed by atoms with Crippen molar-refractivity contribution in [3.8, 4) is 5.69 Å². The summed E-state index contributed by atoms with van der Waals surface area (Å²) in [6.07, 6.45) is 0.717. The van der Waals surface area contributed by atoms with Crippen LogP contribution >= 0.6 is 11.8 Å². The lowest BCUT2D eigenvalue weighted by Crippen LogP contribution is -2.43. The number of nitrogens with zero attached hydrogens (tertiary/aromatic N) is 2. The molecule has 1 aliphatic rings. The van der Waals surface area contributed by atoms with Crippen LogP contribution in [0, 0.1) is 13.8 Å². The molecule has 0 bridgehead atoms. The van der Waals surface area contributed by atoms with Crippen LogP contribution in [0.2, 0.25) is 0 Å². The molecule has 0 spiro atoms. The van der Waals surface area contributed by atoms with Crippen LogP contribution in [0.4, 0.5) is 0 Å². The minimum atomic E-state index is -0.783. The molecule has 2 N–H and O–H groups in total. The SMILES string of the molecule is Cc1ccc(-n2nc(C(=O)NCC3(O)CCSC3)cc2C)cc1. The number of hydrogen-bond acceptors (Lipinski definition) is 4. The molecule has 1 atom stereocenters. The number of aromatic nitrogens is 2. The van der Waals surface area contributed by atoms with Gasteiger partial charge in [0, 0.05) is 18.0 Å². The van der Waals surface area contributed by atoms with Gasteiger partial charge in [0.15, 0.2) is 5.69 Å². The normalized spacial score (nSPS) is 20.7. The number of hydrogen-bond donors (Lipinski definition) is 2. The largest absolute Gasteiger partial charge is 0.387 e. The molecule has 2 heterocycles. The minimum absolute atomic E-state index is 0.246. The van der Waals surface area contributed by atoms with Gasteiger partial charge in [-0.05, 0) is 44.2 Å². The topological polar surface area (TPSA) is 67.2 Å². The molecule has 0 aliphatic carbocycles. The Hall–Kier alpha value is -1.79. The smallest absolute Gasteiger partial charge is 0.271 e. The second-order valence-corrected chi connectivity index (χ2v) is 7.23. The average Bonchev–Trinajstić information content (AvgIpc) is 3.13. The molecule has 1 unspecified atom stereocenters. The fourth-order valence-electron chi connectivity index (χ4n) is 2.60. The fourth-order valence-corrected chi connectivity index (χ4v) is 3.90. The third-order valence-electron chi connectivity index (χ3n) is 4.06. The summed E-state index contributed by atoms with van der Waals surface area (Å²) >= 11 is 1.71. The zero-order valence-electron chi connectivity index (χ0n) is 13.4. The van der Waals surface area contributed by atoms with E-state index < -0.39 is 5.60 Å². The van der Waals surface area contributed by atoms with Gasteiger partial charge in [0.25, 0.3) is 5.91 Å². The summed E-state index contributed by atoms with van der Waals surface area (Å²) in [6.45, 7) is 4.23. The van der Waals surface area contributed by atoms with E-state index in [2.05, 4.69) is 10.4 Å². The lowest BCUT2D eigenvalue weighted by Gasteiger charge is -2.21. The first-order valence-electron chi connectivity index (χ1n) is 7.69. The Labute approximate surface area is 140 Å². The summed E-state index contributed by atoms with van der Waals surface area (Å²) < 4.78 is 1.76. The maximum atomic E-state index is 12.3. The zero-order chi connectivity index (χ0) is 16.4. The highest BCUT2D eigenvalue weighted by molar-refractivity contribution is 7.99. The van der Waals surface area contributed by atoms with E-state index in [0.29, 0.717) is 11.4 Å². The van der Waals surface area contributed by atoms with Crippen molar-refractivity contribution in [2.75, 3.05) is 18.1 Å². The number of nitrogens with one attached hydrogen (secondary N) is 1. The molecule has 1 saturated heterocycles. The van der Waals surface area contributed by atoms with Crippen LogP contribution < -0.4 is 5.32 Å². The maximum absolute atomic E-state index is 12.3. The highest BCUT2D eigenvalue weighted by Gasteiger charge is 2.32. The van der Waals surface area contributed by atoms with Gasteiger partial charge in [0.1, 0.15) is 0 Å². The van der Waals surface area contributed by atoms with Crippen molar-refractivity contribution in [1.82, 2.24) is 15.1 Å². The molecule has 0 saturated carbocycles. The molecule has 3 rings (SSSR count). The van der Waals surface area contributed by atoms with Crippen molar-refractivity contribution >= 4 is 17.7 Å². The number of rotatable bonds is 4. The summed E-state index contributed by atoms with van der Waals surface area (Å²) in [5.41, 5.74) is 2.60. The van der Waals surface area contributed by atoms with Crippen LogP contribution in [0.15, 0.2) is 30.3 Å². The van der Waals surface area contributed by atoms with Gasteiger partial charge in [-0.15, -0.1) is 0 Å². The first-order valence-corrected chi connectivity index (χ1v) is 8.84. The van der Waals surface area contributed by atoms with Crippen molar-refractivity contribution in [2.24, 2.45) is 0 Å². The van der Waals surface area contributed by atoms with E-state index in [-0.39, 0.29) is 12.5 Å². The van der Waals surface area contributed by atoms with Gasteiger partial charge in [0.2, 0.25) is 0 Å². The molecule has 1 aromatic carbocycles. The Kier molecular flexibility index (Phi) is 4.46. The number of aryl methyl sites for hydroxylation is 2. The molecule has 0 radical (unpaired) electrons.